The third-order valence-electron chi connectivity index (χ3n) is 4.45. The van der Waals surface area contributed by atoms with Crippen molar-refractivity contribution in [2.24, 2.45) is 21.6 Å². The molecule has 4 heteroatoms. The highest BCUT2D eigenvalue weighted by molar-refractivity contribution is 5.98. The fourth-order valence-electron chi connectivity index (χ4n) is 2.73. The van der Waals surface area contributed by atoms with Crippen LogP contribution in [0.5, 0.6) is 0 Å². The zero-order valence-electron chi connectivity index (χ0n) is 13.7. The number of benzene rings is 1. The molecule has 1 aromatic carbocycles. The standard InChI is InChI=1S/C20H22FN3/c21-18-10-2-1-6-16(18)14-24-20(15-8-5-9-15)12-19(22)17-7-3-4-11-23-13-17/h1-4,6-7,10-12,15H,5,8-9,13-14,22H2. The number of allylic oxidation sites excluding steroid dienone is 4. The van der Waals surface area contributed by atoms with Crippen molar-refractivity contribution in [3.8, 4) is 0 Å². The van der Waals surface area contributed by atoms with Gasteiger partial charge in [-0.1, -0.05) is 36.8 Å². The van der Waals surface area contributed by atoms with E-state index in [1.807, 2.05) is 30.4 Å². The van der Waals surface area contributed by atoms with Crippen molar-refractivity contribution in [2.45, 2.75) is 25.8 Å². The second-order valence-corrected chi connectivity index (χ2v) is 6.13. The Labute approximate surface area is 142 Å². The van der Waals surface area contributed by atoms with Crippen LogP contribution in [0.2, 0.25) is 0 Å². The average molecular weight is 323 g/mol. The zero-order chi connectivity index (χ0) is 16.8. The summed E-state index contributed by atoms with van der Waals surface area (Å²) in [6.45, 7) is 0.917. The van der Waals surface area contributed by atoms with Crippen molar-refractivity contribution in [2.75, 3.05) is 6.54 Å². The van der Waals surface area contributed by atoms with E-state index >= 15 is 0 Å². The highest BCUT2D eigenvalue weighted by Crippen LogP contribution is 2.29. The number of hydrogen-bond acceptors (Lipinski definition) is 3. The molecule has 0 spiro atoms. The first kappa shape index (κ1) is 16.4. The number of aliphatic imine (C=N–C) groups is 2. The van der Waals surface area contributed by atoms with Gasteiger partial charge in [-0.2, -0.15) is 0 Å². The smallest absolute Gasteiger partial charge is 0.128 e. The third kappa shape index (κ3) is 4.07. The van der Waals surface area contributed by atoms with E-state index in [2.05, 4.69) is 9.98 Å². The lowest BCUT2D eigenvalue weighted by Gasteiger charge is -2.26. The van der Waals surface area contributed by atoms with Gasteiger partial charge in [0.15, 0.2) is 0 Å². The molecule has 1 fully saturated rings. The third-order valence-corrected chi connectivity index (χ3v) is 4.45. The summed E-state index contributed by atoms with van der Waals surface area (Å²) in [5.74, 6) is 0.220. The first-order valence-corrected chi connectivity index (χ1v) is 8.35. The molecular weight excluding hydrogens is 301 g/mol. The van der Waals surface area contributed by atoms with Crippen LogP contribution in [-0.4, -0.2) is 18.5 Å². The minimum atomic E-state index is -0.211. The average Bonchev–Trinajstić information content (AvgIpc) is 2.81. The first-order chi connectivity index (χ1) is 11.7. The molecule has 124 valence electrons. The summed E-state index contributed by atoms with van der Waals surface area (Å²) in [7, 11) is 0. The van der Waals surface area contributed by atoms with E-state index < -0.39 is 0 Å². The largest absolute Gasteiger partial charge is 0.398 e. The molecular formula is C20H22FN3. The van der Waals surface area contributed by atoms with E-state index in [1.165, 1.54) is 12.5 Å². The number of rotatable bonds is 5. The molecule has 2 aliphatic rings. The van der Waals surface area contributed by atoms with Crippen LogP contribution in [0.1, 0.15) is 24.8 Å². The zero-order valence-corrected chi connectivity index (χ0v) is 13.7. The Bertz CT molecular complexity index is 737. The van der Waals surface area contributed by atoms with Gasteiger partial charge in [0.1, 0.15) is 5.82 Å². The fourth-order valence-corrected chi connectivity index (χ4v) is 2.73. The molecule has 0 bridgehead atoms. The maximum absolute atomic E-state index is 13.8. The Kier molecular flexibility index (Phi) is 5.36. The van der Waals surface area contributed by atoms with Gasteiger partial charge in [-0.25, -0.2) is 4.39 Å². The summed E-state index contributed by atoms with van der Waals surface area (Å²) in [4.78, 5) is 8.95. The number of nitrogens with zero attached hydrogens (tertiary/aromatic N) is 2. The van der Waals surface area contributed by atoms with Crippen molar-refractivity contribution in [3.05, 3.63) is 71.2 Å². The van der Waals surface area contributed by atoms with Gasteiger partial charge in [-0.15, -0.1) is 0 Å². The Morgan fingerprint density at radius 3 is 2.88 bits per heavy atom. The van der Waals surface area contributed by atoms with Crippen LogP contribution < -0.4 is 5.73 Å². The van der Waals surface area contributed by atoms with E-state index in [0.29, 0.717) is 30.3 Å². The minimum Gasteiger partial charge on any atom is -0.398 e. The van der Waals surface area contributed by atoms with Gasteiger partial charge in [0.05, 0.1) is 13.1 Å². The quantitative estimate of drug-likeness (QED) is 0.819. The van der Waals surface area contributed by atoms with Crippen LogP contribution in [0.25, 0.3) is 0 Å². The minimum absolute atomic E-state index is 0.211. The lowest BCUT2D eigenvalue weighted by Crippen LogP contribution is -2.22. The summed E-state index contributed by atoms with van der Waals surface area (Å²) in [5.41, 5.74) is 9.53. The number of halogens is 1. The maximum Gasteiger partial charge on any atom is 0.128 e. The predicted octanol–water partition coefficient (Wildman–Crippen LogP) is 3.98. The van der Waals surface area contributed by atoms with Crippen LogP contribution in [0.15, 0.2) is 69.8 Å². The van der Waals surface area contributed by atoms with Crippen molar-refractivity contribution >= 4 is 11.9 Å². The highest BCUT2D eigenvalue weighted by Gasteiger charge is 2.22. The van der Waals surface area contributed by atoms with Gasteiger partial charge in [0.25, 0.3) is 0 Å². The van der Waals surface area contributed by atoms with Gasteiger partial charge in [0.2, 0.25) is 0 Å². The van der Waals surface area contributed by atoms with Crippen LogP contribution in [-0.2, 0) is 6.54 Å². The SMILES string of the molecule is NC(=CC(=NCc1ccccc1F)C1CCC1)C1=CC=CC=NC1. The lowest BCUT2D eigenvalue weighted by atomic mass is 9.81. The van der Waals surface area contributed by atoms with Crippen LogP contribution >= 0.6 is 0 Å². The van der Waals surface area contributed by atoms with Gasteiger partial charge >= 0.3 is 0 Å². The molecule has 3 nitrogen and oxygen atoms in total. The maximum atomic E-state index is 13.8. The predicted molar refractivity (Wildman–Crippen MR) is 97.7 cm³/mol. The monoisotopic (exact) mass is 323 g/mol. The van der Waals surface area contributed by atoms with Crippen molar-refractivity contribution in [3.63, 3.8) is 0 Å². The van der Waals surface area contributed by atoms with E-state index in [1.54, 1.807) is 18.3 Å². The molecule has 0 amide bonds. The molecule has 0 aromatic heterocycles. The summed E-state index contributed by atoms with van der Waals surface area (Å²) < 4.78 is 13.8. The molecule has 1 aliphatic carbocycles. The molecule has 1 aliphatic heterocycles. The molecule has 0 unspecified atom stereocenters. The fraction of sp³-hybridized carbons (Fsp3) is 0.300. The molecule has 2 N–H and O–H groups in total. The number of nitrogens with two attached hydrogens (primary N) is 1. The van der Waals surface area contributed by atoms with Gasteiger partial charge in [0, 0.05) is 29.1 Å². The van der Waals surface area contributed by atoms with E-state index in [9.17, 15) is 4.39 Å². The normalized spacial score (nSPS) is 19.0. The van der Waals surface area contributed by atoms with Crippen molar-refractivity contribution < 1.29 is 4.39 Å². The Balaban J connectivity index is 1.81. The second kappa shape index (κ2) is 7.86. The van der Waals surface area contributed by atoms with Crippen LogP contribution in [0.3, 0.4) is 0 Å². The van der Waals surface area contributed by atoms with Gasteiger partial charge in [-0.3, -0.25) is 9.98 Å². The number of hydrogen-bond donors (Lipinski definition) is 1. The molecule has 1 aromatic rings. The molecule has 3 rings (SSSR count). The topological polar surface area (TPSA) is 50.7 Å². The molecule has 0 radical (unpaired) electrons. The summed E-state index contributed by atoms with van der Waals surface area (Å²) in [6, 6.07) is 6.78. The summed E-state index contributed by atoms with van der Waals surface area (Å²) in [5, 5.41) is 0. The second-order valence-electron chi connectivity index (χ2n) is 6.13. The van der Waals surface area contributed by atoms with E-state index in [4.69, 9.17) is 5.73 Å². The van der Waals surface area contributed by atoms with Crippen LogP contribution in [0.4, 0.5) is 4.39 Å². The first-order valence-electron chi connectivity index (χ1n) is 8.35. The van der Waals surface area contributed by atoms with Crippen molar-refractivity contribution in [1.29, 1.82) is 0 Å². The Morgan fingerprint density at radius 1 is 1.29 bits per heavy atom. The van der Waals surface area contributed by atoms with Gasteiger partial charge < -0.3 is 5.73 Å². The van der Waals surface area contributed by atoms with Crippen molar-refractivity contribution in [1.82, 2.24) is 0 Å². The van der Waals surface area contributed by atoms with Crippen LogP contribution in [0, 0.1) is 11.7 Å². The summed E-state index contributed by atoms with van der Waals surface area (Å²) in [6.07, 6.45) is 13.0. The Morgan fingerprint density at radius 2 is 2.12 bits per heavy atom. The molecule has 0 saturated heterocycles. The molecule has 24 heavy (non-hydrogen) atoms. The Hall–Kier alpha value is -2.49. The summed E-state index contributed by atoms with van der Waals surface area (Å²) >= 11 is 0. The van der Waals surface area contributed by atoms with E-state index in [0.717, 1.165) is 24.1 Å². The lowest BCUT2D eigenvalue weighted by molar-refractivity contribution is 0.413. The molecule has 0 atom stereocenters. The van der Waals surface area contributed by atoms with Gasteiger partial charge in [-0.05, 0) is 36.6 Å². The molecule has 1 saturated carbocycles. The highest BCUT2D eigenvalue weighted by atomic mass is 19.1. The molecule has 1 heterocycles. The van der Waals surface area contributed by atoms with E-state index in [-0.39, 0.29) is 5.82 Å².